The molecule has 10 nitrogen and oxygen atoms in total. The molecule has 0 saturated heterocycles. The number of aromatic carboxylic acids is 2. The maximum absolute atomic E-state index is 11.3. The number of carboxylic acid groups (broad SMARTS) is 2. The van der Waals surface area contributed by atoms with Crippen molar-refractivity contribution in [2.75, 3.05) is 6.61 Å². The zero-order valence-electron chi connectivity index (χ0n) is 14.8. The second-order valence-electron chi connectivity index (χ2n) is 5.30. The number of hydrogen-bond donors (Lipinski definition) is 4. The highest BCUT2D eigenvalue weighted by molar-refractivity contribution is 6.10. The van der Waals surface area contributed by atoms with Crippen molar-refractivity contribution >= 4 is 29.5 Å². The second kappa shape index (κ2) is 10.1. The van der Waals surface area contributed by atoms with Crippen molar-refractivity contribution < 1.29 is 49.1 Å². The average molecular weight is 384 g/mol. The third-order valence-electron chi connectivity index (χ3n) is 3.38. The van der Waals surface area contributed by atoms with Gasteiger partial charge in [0.25, 0.3) is 5.60 Å². The van der Waals surface area contributed by atoms with E-state index in [1.807, 2.05) is 0 Å². The molecule has 0 bridgehead atoms. The molecular weight excluding hydrogens is 364 g/mol. The Labute approximate surface area is 154 Å². The predicted molar refractivity (Wildman–Crippen MR) is 89.3 cm³/mol. The van der Waals surface area contributed by atoms with Crippen molar-refractivity contribution in [2.45, 2.75) is 32.5 Å². The summed E-state index contributed by atoms with van der Waals surface area (Å²) in [5.74, 6) is -4.99. The van der Waals surface area contributed by atoms with Gasteiger partial charge in [0.05, 0.1) is 17.7 Å². The summed E-state index contributed by atoms with van der Waals surface area (Å²) in [4.78, 5) is 54.2. The zero-order chi connectivity index (χ0) is 21.4. The highest BCUT2D eigenvalue weighted by Gasteiger charge is 2.50. The minimum Gasteiger partial charge on any atom is -0.478 e. The first kappa shape index (κ1) is 23.9. The van der Waals surface area contributed by atoms with Crippen LogP contribution in [0.25, 0.3) is 0 Å². The van der Waals surface area contributed by atoms with Gasteiger partial charge in [-0.3, -0.25) is 14.4 Å². The number of aliphatic hydroxyl groups is 2. The highest BCUT2D eigenvalue weighted by Crippen LogP contribution is 2.20. The lowest BCUT2D eigenvalue weighted by Gasteiger charge is -2.31. The quantitative estimate of drug-likeness (QED) is 0.367. The molecule has 0 radical (unpaired) electrons. The molecular formula is C17H20O10. The SMILES string of the molecule is CC(=O)OC(C(C)=O)(C(C)=O)C(O)CO.O=C(O)c1ccccc1C(=O)O. The number of rotatable bonds is 7. The van der Waals surface area contributed by atoms with Crippen LogP contribution >= 0.6 is 0 Å². The van der Waals surface area contributed by atoms with E-state index in [0.717, 1.165) is 20.8 Å². The van der Waals surface area contributed by atoms with Crippen LogP contribution < -0.4 is 0 Å². The number of Topliss-reactive ketones (excluding diaryl/α,β-unsaturated/α-hetero) is 2. The molecule has 0 saturated carbocycles. The van der Waals surface area contributed by atoms with Gasteiger partial charge in [0.2, 0.25) is 0 Å². The van der Waals surface area contributed by atoms with E-state index in [-0.39, 0.29) is 11.1 Å². The highest BCUT2D eigenvalue weighted by atomic mass is 16.6. The van der Waals surface area contributed by atoms with E-state index in [1.165, 1.54) is 24.3 Å². The Morgan fingerprint density at radius 1 is 0.926 bits per heavy atom. The van der Waals surface area contributed by atoms with Crippen LogP contribution in [-0.2, 0) is 19.1 Å². The Kier molecular flexibility index (Phi) is 8.97. The summed E-state index contributed by atoms with van der Waals surface area (Å²) in [6.07, 6.45) is -1.75. The van der Waals surface area contributed by atoms with Crippen LogP contribution in [0.3, 0.4) is 0 Å². The van der Waals surface area contributed by atoms with Gasteiger partial charge in [-0.15, -0.1) is 0 Å². The second-order valence-corrected chi connectivity index (χ2v) is 5.30. The number of carbonyl (C=O) groups is 5. The minimum absolute atomic E-state index is 0.190. The number of esters is 1. The normalized spacial score (nSPS) is 11.4. The first-order valence-electron chi connectivity index (χ1n) is 7.47. The number of ketones is 2. The van der Waals surface area contributed by atoms with E-state index in [1.54, 1.807) is 0 Å². The van der Waals surface area contributed by atoms with Gasteiger partial charge in [-0.1, -0.05) is 12.1 Å². The van der Waals surface area contributed by atoms with Gasteiger partial charge in [-0.05, 0) is 26.0 Å². The smallest absolute Gasteiger partial charge is 0.336 e. The summed E-state index contributed by atoms with van der Waals surface area (Å²) in [5.41, 5.74) is -2.67. The van der Waals surface area contributed by atoms with Crippen molar-refractivity contribution in [2.24, 2.45) is 0 Å². The molecule has 148 valence electrons. The van der Waals surface area contributed by atoms with Gasteiger partial charge in [0, 0.05) is 6.92 Å². The Balaban J connectivity index is 0.000000511. The zero-order valence-corrected chi connectivity index (χ0v) is 14.8. The summed E-state index contributed by atoms with van der Waals surface area (Å²) in [6.45, 7) is 2.16. The van der Waals surface area contributed by atoms with Crippen LogP contribution in [-0.4, -0.2) is 68.2 Å². The maximum Gasteiger partial charge on any atom is 0.336 e. The summed E-state index contributed by atoms with van der Waals surface area (Å²) in [7, 11) is 0. The lowest BCUT2D eigenvalue weighted by atomic mass is 9.88. The molecule has 1 unspecified atom stereocenters. The van der Waals surface area contributed by atoms with Gasteiger partial charge < -0.3 is 25.2 Å². The largest absolute Gasteiger partial charge is 0.478 e. The van der Waals surface area contributed by atoms with Crippen LogP contribution in [0.4, 0.5) is 0 Å². The summed E-state index contributed by atoms with van der Waals surface area (Å²) >= 11 is 0. The van der Waals surface area contributed by atoms with E-state index in [4.69, 9.17) is 15.3 Å². The van der Waals surface area contributed by atoms with Crippen molar-refractivity contribution in [1.29, 1.82) is 0 Å². The van der Waals surface area contributed by atoms with E-state index < -0.39 is 47.8 Å². The Morgan fingerprint density at radius 3 is 1.52 bits per heavy atom. The minimum atomic E-state index is -2.29. The molecule has 0 aromatic heterocycles. The molecule has 27 heavy (non-hydrogen) atoms. The van der Waals surface area contributed by atoms with Gasteiger partial charge in [-0.25, -0.2) is 9.59 Å². The summed E-state index contributed by atoms with van der Waals surface area (Å²) in [5, 5.41) is 35.2. The number of ether oxygens (including phenoxy) is 1. The van der Waals surface area contributed by atoms with Crippen LogP contribution in [0, 0.1) is 0 Å². The molecule has 0 fully saturated rings. The van der Waals surface area contributed by atoms with Crippen molar-refractivity contribution in [3.05, 3.63) is 35.4 Å². The number of benzene rings is 1. The van der Waals surface area contributed by atoms with E-state index in [0.29, 0.717) is 0 Å². The maximum atomic E-state index is 11.3. The Morgan fingerprint density at radius 2 is 1.30 bits per heavy atom. The van der Waals surface area contributed by atoms with E-state index in [9.17, 15) is 29.1 Å². The van der Waals surface area contributed by atoms with Gasteiger partial charge in [0.15, 0.2) is 11.6 Å². The first-order chi connectivity index (χ1) is 12.4. The molecule has 0 amide bonds. The van der Waals surface area contributed by atoms with Crippen molar-refractivity contribution in [3.63, 3.8) is 0 Å². The fraction of sp³-hybridized carbons (Fsp3) is 0.353. The third-order valence-corrected chi connectivity index (χ3v) is 3.38. The van der Waals surface area contributed by atoms with Crippen LogP contribution in [0.1, 0.15) is 41.5 Å². The molecule has 0 aliphatic carbocycles. The number of aliphatic hydroxyl groups excluding tert-OH is 2. The molecule has 0 aliphatic heterocycles. The topological polar surface area (TPSA) is 175 Å². The molecule has 0 aliphatic rings. The van der Waals surface area contributed by atoms with E-state index >= 15 is 0 Å². The Hall–Kier alpha value is -3.11. The van der Waals surface area contributed by atoms with Crippen LogP contribution in [0.5, 0.6) is 0 Å². The lowest BCUT2D eigenvalue weighted by molar-refractivity contribution is -0.184. The van der Waals surface area contributed by atoms with Crippen molar-refractivity contribution in [3.8, 4) is 0 Å². The lowest BCUT2D eigenvalue weighted by Crippen LogP contribution is -2.58. The molecule has 10 heteroatoms. The number of carbonyl (C=O) groups excluding carboxylic acids is 3. The number of hydrogen-bond acceptors (Lipinski definition) is 8. The van der Waals surface area contributed by atoms with E-state index in [2.05, 4.69) is 4.74 Å². The average Bonchev–Trinajstić information content (AvgIpc) is 2.58. The molecule has 4 N–H and O–H groups in total. The summed E-state index contributed by atoms with van der Waals surface area (Å²) < 4.78 is 4.57. The van der Waals surface area contributed by atoms with Crippen LogP contribution in [0.2, 0.25) is 0 Å². The van der Waals surface area contributed by atoms with Gasteiger partial charge in [-0.2, -0.15) is 0 Å². The van der Waals surface area contributed by atoms with Crippen LogP contribution in [0.15, 0.2) is 24.3 Å². The first-order valence-corrected chi connectivity index (χ1v) is 7.47. The fourth-order valence-electron chi connectivity index (χ4n) is 2.14. The van der Waals surface area contributed by atoms with Gasteiger partial charge >= 0.3 is 17.9 Å². The molecule has 0 heterocycles. The third kappa shape index (κ3) is 5.97. The van der Waals surface area contributed by atoms with Gasteiger partial charge in [0.1, 0.15) is 6.10 Å². The summed E-state index contributed by atoms with van der Waals surface area (Å²) in [6, 6.07) is 5.48. The van der Waals surface area contributed by atoms with Crippen molar-refractivity contribution in [1.82, 2.24) is 0 Å². The molecule has 1 aromatic carbocycles. The molecule has 1 rings (SSSR count). The molecule has 1 aromatic rings. The Bertz CT molecular complexity index is 690. The molecule has 1 atom stereocenters. The number of carboxylic acids is 2. The fourth-order valence-corrected chi connectivity index (χ4v) is 2.14. The predicted octanol–water partition coefficient (Wildman–Crippen LogP) is -0.0975. The monoisotopic (exact) mass is 384 g/mol. The molecule has 0 spiro atoms. The standard InChI is InChI=1S/C9H14O6.C8H6O4/c1-5(11)9(6(2)12,8(14)4-10)15-7(3)13;9-7(10)5-3-1-2-4-6(5)8(11)12/h8,10,14H,4H2,1-3H3;1-4H,(H,9,10)(H,11,12).